The van der Waals surface area contributed by atoms with Crippen LogP contribution in [0.2, 0.25) is 0 Å². The summed E-state index contributed by atoms with van der Waals surface area (Å²) in [5.41, 5.74) is 7.67. The molecule has 26 heavy (non-hydrogen) atoms. The van der Waals surface area contributed by atoms with Gasteiger partial charge in [0, 0.05) is 18.2 Å². The van der Waals surface area contributed by atoms with Gasteiger partial charge in [-0.2, -0.15) is 0 Å². The summed E-state index contributed by atoms with van der Waals surface area (Å²) in [6.45, 7) is 1.27. The number of nitrogens with two attached hydrogens (primary N) is 1. The van der Waals surface area contributed by atoms with E-state index in [4.69, 9.17) is 5.73 Å². The zero-order valence-corrected chi connectivity index (χ0v) is 15.1. The average molecular weight is 350 g/mol. The van der Waals surface area contributed by atoms with Gasteiger partial charge in [0.15, 0.2) is 0 Å². The van der Waals surface area contributed by atoms with Gasteiger partial charge in [-0.05, 0) is 48.2 Å². The summed E-state index contributed by atoms with van der Waals surface area (Å²) in [6, 6.07) is 22.3. The van der Waals surface area contributed by atoms with E-state index >= 15 is 0 Å². The molecule has 136 valence electrons. The number of nitrogens with one attached hydrogen (secondary N) is 1. The first-order valence-electron chi connectivity index (χ1n) is 9.41. The fraction of sp³-hybridized carbons (Fsp3) is 0.304. The zero-order chi connectivity index (χ0) is 18.2. The van der Waals surface area contributed by atoms with Gasteiger partial charge in [0.1, 0.15) is 5.82 Å². The number of hydrogen-bond acceptors (Lipinski definition) is 2. The van der Waals surface area contributed by atoms with E-state index in [2.05, 4.69) is 47.8 Å². The van der Waals surface area contributed by atoms with Crippen LogP contribution in [0.1, 0.15) is 30.4 Å². The Bertz CT molecular complexity index is 831. The second-order valence-electron chi connectivity index (χ2n) is 6.84. The van der Waals surface area contributed by atoms with Gasteiger partial charge in [0.2, 0.25) is 0 Å². The molecule has 3 rings (SSSR count). The largest absolute Gasteiger partial charge is 0.330 e. The summed E-state index contributed by atoms with van der Waals surface area (Å²) in [4.78, 5) is 0. The van der Waals surface area contributed by atoms with E-state index < -0.39 is 0 Å². The molecule has 0 spiro atoms. The topological polar surface area (TPSA) is 38.0 Å². The van der Waals surface area contributed by atoms with E-state index in [1.807, 2.05) is 12.1 Å². The molecule has 3 N–H and O–H groups in total. The molecule has 0 fully saturated rings. The van der Waals surface area contributed by atoms with Gasteiger partial charge in [-0.3, -0.25) is 0 Å². The number of unbranched alkanes of at least 4 members (excludes halogenated alkanes) is 1. The maximum Gasteiger partial charge on any atom is 0.127 e. The van der Waals surface area contributed by atoms with Gasteiger partial charge < -0.3 is 11.1 Å². The van der Waals surface area contributed by atoms with Crippen LogP contribution in [0.4, 0.5) is 4.39 Å². The first kappa shape index (κ1) is 18.6. The molecule has 0 saturated carbocycles. The maximum absolute atomic E-state index is 13.9. The van der Waals surface area contributed by atoms with Crippen molar-refractivity contribution >= 4 is 10.8 Å². The van der Waals surface area contributed by atoms with E-state index in [-0.39, 0.29) is 5.82 Å². The summed E-state index contributed by atoms with van der Waals surface area (Å²) in [5, 5.41) is 6.07. The second-order valence-corrected chi connectivity index (χ2v) is 6.84. The van der Waals surface area contributed by atoms with Crippen molar-refractivity contribution in [3.05, 3.63) is 83.7 Å². The van der Waals surface area contributed by atoms with E-state index in [1.54, 1.807) is 6.07 Å². The van der Waals surface area contributed by atoms with Gasteiger partial charge in [-0.1, -0.05) is 67.1 Å². The predicted molar refractivity (Wildman–Crippen MR) is 108 cm³/mol. The molecule has 0 aliphatic heterocycles. The first-order valence-corrected chi connectivity index (χ1v) is 9.41. The highest BCUT2D eigenvalue weighted by atomic mass is 19.1. The van der Waals surface area contributed by atoms with Crippen molar-refractivity contribution in [1.82, 2.24) is 5.32 Å². The molecular weight excluding hydrogens is 323 g/mol. The summed E-state index contributed by atoms with van der Waals surface area (Å²) < 4.78 is 13.9. The minimum Gasteiger partial charge on any atom is -0.330 e. The van der Waals surface area contributed by atoms with Crippen LogP contribution in [0.3, 0.4) is 0 Å². The molecule has 0 saturated heterocycles. The Morgan fingerprint density at radius 2 is 1.65 bits per heavy atom. The van der Waals surface area contributed by atoms with Gasteiger partial charge in [0.25, 0.3) is 0 Å². The van der Waals surface area contributed by atoms with Crippen molar-refractivity contribution in [2.75, 3.05) is 6.54 Å². The van der Waals surface area contributed by atoms with Crippen molar-refractivity contribution in [2.45, 2.75) is 38.3 Å². The lowest BCUT2D eigenvalue weighted by Gasteiger charge is -2.19. The lowest BCUT2D eigenvalue weighted by molar-refractivity contribution is 0.451. The second kappa shape index (κ2) is 9.46. The average Bonchev–Trinajstić information content (AvgIpc) is 2.67. The molecule has 0 aliphatic carbocycles. The highest BCUT2D eigenvalue weighted by molar-refractivity contribution is 5.82. The van der Waals surface area contributed by atoms with E-state index in [9.17, 15) is 4.39 Å². The molecule has 3 heteroatoms. The van der Waals surface area contributed by atoms with Crippen molar-refractivity contribution in [3.63, 3.8) is 0 Å². The van der Waals surface area contributed by atoms with Gasteiger partial charge in [-0.15, -0.1) is 0 Å². The van der Waals surface area contributed by atoms with Crippen molar-refractivity contribution < 1.29 is 4.39 Å². The molecule has 0 aliphatic rings. The molecule has 0 amide bonds. The Kier molecular flexibility index (Phi) is 6.75. The molecule has 0 heterocycles. The predicted octanol–water partition coefficient (Wildman–Crippen LogP) is 4.81. The number of hydrogen-bond donors (Lipinski definition) is 2. The fourth-order valence-corrected chi connectivity index (χ4v) is 3.36. The number of benzene rings is 3. The smallest absolute Gasteiger partial charge is 0.127 e. The molecule has 1 atom stereocenters. The summed E-state index contributed by atoms with van der Waals surface area (Å²) in [6.07, 6.45) is 4.08. The molecule has 0 bridgehead atoms. The normalized spacial score (nSPS) is 12.4. The molecule has 0 aromatic heterocycles. The minimum absolute atomic E-state index is 0.147. The molecule has 0 radical (unpaired) electrons. The number of halogens is 1. The lowest BCUT2D eigenvalue weighted by Crippen LogP contribution is -2.31. The van der Waals surface area contributed by atoms with E-state index in [0.29, 0.717) is 12.6 Å². The lowest BCUT2D eigenvalue weighted by atomic mass is 9.98. The molecule has 2 nitrogen and oxygen atoms in total. The van der Waals surface area contributed by atoms with Crippen LogP contribution in [0, 0.1) is 5.82 Å². The van der Waals surface area contributed by atoms with Crippen molar-refractivity contribution in [3.8, 4) is 0 Å². The van der Waals surface area contributed by atoms with Crippen LogP contribution in [0.15, 0.2) is 66.7 Å². The third-order valence-corrected chi connectivity index (χ3v) is 4.84. The van der Waals surface area contributed by atoms with Gasteiger partial charge in [0.05, 0.1) is 0 Å². The number of rotatable bonds is 9. The zero-order valence-electron chi connectivity index (χ0n) is 15.1. The Balaban J connectivity index is 1.68. The monoisotopic (exact) mass is 350 g/mol. The van der Waals surface area contributed by atoms with Crippen LogP contribution < -0.4 is 11.1 Å². The SMILES string of the molecule is NCCCCC(Cc1ccc2ccccc2c1)NCc1ccccc1F. The molecule has 3 aromatic rings. The third-order valence-electron chi connectivity index (χ3n) is 4.84. The highest BCUT2D eigenvalue weighted by Gasteiger charge is 2.11. The van der Waals surface area contributed by atoms with E-state index in [1.165, 1.54) is 22.4 Å². The Morgan fingerprint density at radius 1 is 0.885 bits per heavy atom. The van der Waals surface area contributed by atoms with Crippen LogP contribution in [-0.4, -0.2) is 12.6 Å². The van der Waals surface area contributed by atoms with Crippen LogP contribution in [-0.2, 0) is 13.0 Å². The summed E-state index contributed by atoms with van der Waals surface area (Å²) in [5.74, 6) is -0.147. The Hall–Kier alpha value is -2.23. The summed E-state index contributed by atoms with van der Waals surface area (Å²) >= 11 is 0. The summed E-state index contributed by atoms with van der Waals surface area (Å²) in [7, 11) is 0. The minimum atomic E-state index is -0.147. The van der Waals surface area contributed by atoms with E-state index in [0.717, 1.165) is 37.8 Å². The van der Waals surface area contributed by atoms with Crippen molar-refractivity contribution in [1.29, 1.82) is 0 Å². The Morgan fingerprint density at radius 3 is 2.46 bits per heavy atom. The molecular formula is C23H27FN2. The highest BCUT2D eigenvalue weighted by Crippen LogP contribution is 2.18. The number of fused-ring (bicyclic) bond motifs is 1. The maximum atomic E-state index is 13.9. The van der Waals surface area contributed by atoms with Crippen LogP contribution in [0.25, 0.3) is 10.8 Å². The first-order chi connectivity index (χ1) is 12.8. The third kappa shape index (κ3) is 5.13. The molecule has 3 aromatic carbocycles. The van der Waals surface area contributed by atoms with Gasteiger partial charge >= 0.3 is 0 Å². The standard InChI is InChI=1S/C23H27FN2/c24-23-11-4-3-9-21(23)17-26-22(10-5-6-14-25)16-18-12-13-19-7-1-2-8-20(19)15-18/h1-4,7-9,11-13,15,22,26H,5-6,10,14,16-17,25H2. The van der Waals surface area contributed by atoms with Crippen LogP contribution in [0.5, 0.6) is 0 Å². The fourth-order valence-electron chi connectivity index (χ4n) is 3.36. The Labute approximate surface area is 155 Å². The molecule has 1 unspecified atom stereocenters. The quantitative estimate of drug-likeness (QED) is 0.544. The van der Waals surface area contributed by atoms with Gasteiger partial charge in [-0.25, -0.2) is 4.39 Å². The van der Waals surface area contributed by atoms with Crippen molar-refractivity contribution in [2.24, 2.45) is 5.73 Å². The van der Waals surface area contributed by atoms with Crippen LogP contribution >= 0.6 is 0 Å².